The van der Waals surface area contributed by atoms with Crippen molar-refractivity contribution in [3.63, 3.8) is 0 Å². The maximum absolute atomic E-state index is 5.14. The van der Waals surface area contributed by atoms with Gasteiger partial charge in [0.2, 0.25) is 0 Å². The van der Waals surface area contributed by atoms with Crippen molar-refractivity contribution >= 4 is 32.7 Å². The van der Waals surface area contributed by atoms with Crippen LogP contribution in [0, 0.1) is 0 Å². The fraction of sp³-hybridized carbons (Fsp3) is 0. The second-order valence-electron chi connectivity index (χ2n) is 12.4. The monoisotopic (exact) mass is 596 g/mol. The molecule has 0 N–H and O–H groups in total. The molecule has 2 heteroatoms. The molecule has 1 aliphatic carbocycles. The summed E-state index contributed by atoms with van der Waals surface area (Å²) in [4.78, 5) is 5.14. The molecule has 0 saturated carbocycles. The van der Waals surface area contributed by atoms with Crippen LogP contribution in [0.3, 0.4) is 0 Å². The van der Waals surface area contributed by atoms with Crippen molar-refractivity contribution in [2.45, 2.75) is 0 Å². The van der Waals surface area contributed by atoms with Gasteiger partial charge < -0.3 is 4.57 Å². The van der Waals surface area contributed by atoms with Gasteiger partial charge in [0.15, 0.2) is 0 Å². The summed E-state index contributed by atoms with van der Waals surface area (Å²) in [6.45, 7) is 0. The molecule has 7 aromatic carbocycles. The molecule has 218 valence electrons. The Kier molecular flexibility index (Phi) is 5.61. The number of hydrogen-bond donors (Lipinski definition) is 0. The predicted molar refractivity (Wildman–Crippen MR) is 197 cm³/mol. The standard InChI is InChI=1S/C45H28N2/c1-2-10-29(11-3-1)31-12-8-13-32(26-31)33-22-25-44-39(27-33)37-16-6-7-19-43(37)47(44)34-23-20-30(21-24-34)42-28-40-36-15-5-4-14-35(36)38-17-9-18-41(46-42)45(38)40/h1-28H. The number of nitrogens with zero attached hydrogens (tertiary/aromatic N) is 2. The fourth-order valence-corrected chi connectivity index (χ4v) is 7.55. The molecule has 0 amide bonds. The van der Waals surface area contributed by atoms with E-state index in [0.717, 1.165) is 22.5 Å². The third kappa shape index (κ3) is 4.02. The summed E-state index contributed by atoms with van der Waals surface area (Å²) in [5.74, 6) is 0. The molecular weight excluding hydrogens is 569 g/mol. The van der Waals surface area contributed by atoms with Crippen molar-refractivity contribution in [1.29, 1.82) is 0 Å². The molecule has 0 unspecified atom stereocenters. The first-order chi connectivity index (χ1) is 23.3. The summed E-state index contributed by atoms with van der Waals surface area (Å²) in [5.41, 5.74) is 16.7. The van der Waals surface area contributed by atoms with Gasteiger partial charge >= 0.3 is 0 Å². The van der Waals surface area contributed by atoms with Crippen LogP contribution in [-0.2, 0) is 0 Å². The molecule has 10 rings (SSSR count). The number of para-hydroxylation sites is 1. The highest BCUT2D eigenvalue weighted by Gasteiger charge is 2.22. The van der Waals surface area contributed by atoms with Gasteiger partial charge in [0.25, 0.3) is 0 Å². The van der Waals surface area contributed by atoms with Crippen LogP contribution in [0.15, 0.2) is 170 Å². The van der Waals surface area contributed by atoms with Gasteiger partial charge in [-0.05, 0) is 93.0 Å². The number of fused-ring (bicyclic) bond motifs is 6. The Labute approximate surface area is 272 Å². The van der Waals surface area contributed by atoms with Gasteiger partial charge in [-0.1, -0.05) is 121 Å². The molecule has 0 radical (unpaired) electrons. The molecule has 0 saturated heterocycles. The molecule has 0 atom stereocenters. The van der Waals surface area contributed by atoms with Crippen molar-refractivity contribution in [3.05, 3.63) is 170 Å². The third-order valence-corrected chi connectivity index (χ3v) is 9.74. The zero-order valence-corrected chi connectivity index (χ0v) is 25.6. The molecule has 0 spiro atoms. The Morgan fingerprint density at radius 1 is 0.362 bits per heavy atom. The zero-order valence-electron chi connectivity index (χ0n) is 25.6. The van der Waals surface area contributed by atoms with Gasteiger partial charge in [-0.25, -0.2) is 4.98 Å². The first-order valence-electron chi connectivity index (χ1n) is 16.1. The molecule has 0 aliphatic heterocycles. The van der Waals surface area contributed by atoms with Crippen molar-refractivity contribution < 1.29 is 0 Å². The van der Waals surface area contributed by atoms with Gasteiger partial charge in [-0.15, -0.1) is 0 Å². The second kappa shape index (κ2) is 10.1. The third-order valence-electron chi connectivity index (χ3n) is 9.74. The van der Waals surface area contributed by atoms with Crippen LogP contribution < -0.4 is 0 Å². The van der Waals surface area contributed by atoms with Crippen LogP contribution in [-0.4, -0.2) is 9.55 Å². The molecule has 0 bridgehead atoms. The summed E-state index contributed by atoms with van der Waals surface area (Å²) in [6.07, 6.45) is 0. The quantitative estimate of drug-likeness (QED) is 0.198. The van der Waals surface area contributed by atoms with E-state index in [-0.39, 0.29) is 0 Å². The van der Waals surface area contributed by atoms with Crippen molar-refractivity contribution in [1.82, 2.24) is 9.55 Å². The van der Waals surface area contributed by atoms with E-state index in [4.69, 9.17) is 4.98 Å². The van der Waals surface area contributed by atoms with Crippen molar-refractivity contribution in [3.8, 4) is 61.5 Å². The number of hydrogen-bond acceptors (Lipinski definition) is 1. The number of pyridine rings is 1. The van der Waals surface area contributed by atoms with E-state index in [1.165, 1.54) is 71.7 Å². The van der Waals surface area contributed by atoms with E-state index in [9.17, 15) is 0 Å². The van der Waals surface area contributed by atoms with Gasteiger partial charge in [-0.3, -0.25) is 0 Å². The van der Waals surface area contributed by atoms with Crippen LogP contribution in [0.2, 0.25) is 0 Å². The smallest absolute Gasteiger partial charge is 0.0722 e. The molecule has 1 aliphatic rings. The second-order valence-corrected chi connectivity index (χ2v) is 12.4. The summed E-state index contributed by atoms with van der Waals surface area (Å²) in [7, 11) is 0. The van der Waals surface area contributed by atoms with Crippen molar-refractivity contribution in [2.24, 2.45) is 0 Å². The lowest BCUT2D eigenvalue weighted by Gasteiger charge is -2.11. The van der Waals surface area contributed by atoms with Gasteiger partial charge in [0.1, 0.15) is 0 Å². The van der Waals surface area contributed by atoms with Gasteiger partial charge in [0, 0.05) is 27.4 Å². The van der Waals surface area contributed by atoms with Crippen LogP contribution in [0.1, 0.15) is 0 Å². The highest BCUT2D eigenvalue weighted by atomic mass is 15.0. The van der Waals surface area contributed by atoms with E-state index in [0.29, 0.717) is 0 Å². The minimum Gasteiger partial charge on any atom is -0.309 e. The molecule has 47 heavy (non-hydrogen) atoms. The average Bonchev–Trinajstić information content (AvgIpc) is 3.65. The van der Waals surface area contributed by atoms with E-state index < -0.39 is 0 Å². The molecule has 9 aromatic rings. The topological polar surface area (TPSA) is 17.8 Å². The lowest BCUT2D eigenvalue weighted by Crippen LogP contribution is -1.94. The minimum absolute atomic E-state index is 0.998. The van der Waals surface area contributed by atoms with E-state index in [1.54, 1.807) is 0 Å². The summed E-state index contributed by atoms with van der Waals surface area (Å²) in [6, 6.07) is 61.3. The van der Waals surface area contributed by atoms with Crippen LogP contribution in [0.4, 0.5) is 0 Å². The van der Waals surface area contributed by atoms with Crippen LogP contribution in [0.25, 0.3) is 94.2 Å². The summed E-state index contributed by atoms with van der Waals surface area (Å²) in [5, 5.41) is 3.76. The molecule has 2 nitrogen and oxygen atoms in total. The normalized spacial score (nSPS) is 11.8. The van der Waals surface area contributed by atoms with E-state index in [1.807, 2.05) is 0 Å². The van der Waals surface area contributed by atoms with Crippen LogP contribution in [0.5, 0.6) is 0 Å². The first kappa shape index (κ1) is 26.0. The number of aromatic nitrogens is 2. The predicted octanol–water partition coefficient (Wildman–Crippen LogP) is 12.0. The average molecular weight is 597 g/mol. The summed E-state index contributed by atoms with van der Waals surface area (Å²) < 4.78 is 2.38. The fourth-order valence-electron chi connectivity index (χ4n) is 7.55. The lowest BCUT2D eigenvalue weighted by atomic mass is 9.98. The maximum Gasteiger partial charge on any atom is 0.0722 e. The first-order valence-corrected chi connectivity index (χ1v) is 16.1. The number of rotatable bonds is 4. The molecule has 2 aromatic heterocycles. The Morgan fingerprint density at radius 3 is 1.83 bits per heavy atom. The van der Waals surface area contributed by atoms with Crippen LogP contribution >= 0.6 is 0 Å². The van der Waals surface area contributed by atoms with Crippen molar-refractivity contribution in [2.75, 3.05) is 0 Å². The highest BCUT2D eigenvalue weighted by Crippen LogP contribution is 2.47. The largest absolute Gasteiger partial charge is 0.309 e. The Morgan fingerprint density at radius 2 is 0.979 bits per heavy atom. The van der Waals surface area contributed by atoms with E-state index >= 15 is 0 Å². The highest BCUT2D eigenvalue weighted by molar-refractivity contribution is 6.15. The lowest BCUT2D eigenvalue weighted by molar-refractivity contribution is 1.18. The Hall–Kier alpha value is -6.25. The molecular formula is C45H28N2. The maximum atomic E-state index is 5.14. The summed E-state index contributed by atoms with van der Waals surface area (Å²) >= 11 is 0. The van der Waals surface area contributed by atoms with Gasteiger partial charge in [-0.2, -0.15) is 0 Å². The SMILES string of the molecule is c1ccc(-c2cccc(-c3ccc4c(c3)c3ccccc3n4-c3ccc(-c4cc5c6c(cccc6n4)-c4ccccc4-5)cc3)c2)cc1. The van der Waals surface area contributed by atoms with Gasteiger partial charge in [0.05, 0.1) is 22.2 Å². The zero-order chi connectivity index (χ0) is 30.9. The Balaban J connectivity index is 1.07. The minimum atomic E-state index is 0.998. The molecule has 2 heterocycles. The van der Waals surface area contributed by atoms with E-state index in [2.05, 4.69) is 174 Å². The number of benzene rings is 7. The Bertz CT molecular complexity index is 2660. The molecule has 0 fully saturated rings.